The predicted octanol–water partition coefficient (Wildman–Crippen LogP) is 2.45. The molecule has 0 unspecified atom stereocenters. The fourth-order valence-corrected chi connectivity index (χ4v) is 3.32. The van der Waals surface area contributed by atoms with Gasteiger partial charge < -0.3 is 10.4 Å². The molecule has 0 fully saturated rings. The molecule has 26 heavy (non-hydrogen) atoms. The first-order valence-corrected chi connectivity index (χ1v) is 8.33. The van der Waals surface area contributed by atoms with E-state index in [-0.39, 0.29) is 11.4 Å². The van der Waals surface area contributed by atoms with E-state index in [0.717, 1.165) is 29.9 Å². The minimum absolute atomic E-state index is 0.188. The van der Waals surface area contributed by atoms with Gasteiger partial charge in [-0.1, -0.05) is 0 Å². The Morgan fingerprint density at radius 2 is 1.96 bits per heavy atom. The summed E-state index contributed by atoms with van der Waals surface area (Å²) in [6.45, 7) is 0.909. The smallest absolute Gasteiger partial charge is 0.333 e. The fourth-order valence-electron chi connectivity index (χ4n) is 3.32. The Morgan fingerprint density at radius 1 is 1.12 bits per heavy atom. The molecular formula is C19H15N5O2. The summed E-state index contributed by atoms with van der Waals surface area (Å²) in [5, 5.41) is 12.8. The van der Waals surface area contributed by atoms with Gasteiger partial charge >= 0.3 is 5.69 Å². The minimum Gasteiger partial charge on any atom is -0.508 e. The van der Waals surface area contributed by atoms with Crippen LogP contribution >= 0.6 is 0 Å². The number of rotatable bonds is 2. The molecular weight excluding hydrogens is 330 g/mol. The van der Waals surface area contributed by atoms with Crippen LogP contribution in [-0.2, 0) is 6.42 Å². The average molecular weight is 345 g/mol. The summed E-state index contributed by atoms with van der Waals surface area (Å²) < 4.78 is 1.55. The van der Waals surface area contributed by atoms with Gasteiger partial charge in [-0.15, -0.1) is 0 Å². The first kappa shape index (κ1) is 14.7. The van der Waals surface area contributed by atoms with Crippen LogP contribution in [0.2, 0.25) is 0 Å². The van der Waals surface area contributed by atoms with E-state index in [1.54, 1.807) is 35.0 Å². The highest BCUT2D eigenvalue weighted by molar-refractivity contribution is 5.73. The van der Waals surface area contributed by atoms with Gasteiger partial charge in [-0.25, -0.2) is 19.3 Å². The molecule has 0 saturated carbocycles. The molecule has 2 aromatic heterocycles. The highest BCUT2D eigenvalue weighted by Crippen LogP contribution is 2.26. The second-order valence-electron chi connectivity index (χ2n) is 6.26. The molecule has 0 atom stereocenters. The molecule has 0 aliphatic carbocycles. The lowest BCUT2D eigenvalue weighted by atomic mass is 10.1. The number of fused-ring (bicyclic) bond motifs is 2. The standard InChI is InChI=1S/C19H15N5O2/c25-14-4-1-11(2-5-14)16-10-21-17-18(22-16)24(19(26)23-17)13-3-6-15-12(9-13)7-8-20-15/h1-6,9-10,20,25H,7-8H2,(H,21,23,26). The van der Waals surface area contributed by atoms with Gasteiger partial charge in [0.1, 0.15) is 5.75 Å². The highest BCUT2D eigenvalue weighted by atomic mass is 16.3. The number of hydrogen-bond donors (Lipinski definition) is 3. The number of imidazole rings is 1. The van der Waals surface area contributed by atoms with Crippen molar-refractivity contribution in [2.45, 2.75) is 6.42 Å². The van der Waals surface area contributed by atoms with Gasteiger partial charge in [0.05, 0.1) is 17.6 Å². The molecule has 1 aliphatic rings. The number of hydrogen-bond acceptors (Lipinski definition) is 5. The molecule has 0 spiro atoms. The van der Waals surface area contributed by atoms with Gasteiger partial charge in [0.15, 0.2) is 11.3 Å². The summed E-state index contributed by atoms with van der Waals surface area (Å²) in [6, 6.07) is 12.6. The van der Waals surface area contributed by atoms with Gasteiger partial charge in [-0.3, -0.25) is 4.98 Å². The zero-order chi connectivity index (χ0) is 17.7. The van der Waals surface area contributed by atoms with Crippen LogP contribution < -0.4 is 11.0 Å². The van der Waals surface area contributed by atoms with Gasteiger partial charge in [-0.2, -0.15) is 0 Å². The number of phenols is 1. The largest absolute Gasteiger partial charge is 0.508 e. The quantitative estimate of drug-likeness (QED) is 0.519. The van der Waals surface area contributed by atoms with Crippen molar-refractivity contribution in [3.8, 4) is 22.7 Å². The number of benzene rings is 2. The Balaban J connectivity index is 1.70. The third kappa shape index (κ3) is 2.25. The summed E-state index contributed by atoms with van der Waals surface area (Å²) in [5.41, 5.74) is 5.16. The summed E-state index contributed by atoms with van der Waals surface area (Å²) in [5.74, 6) is 0.188. The monoisotopic (exact) mass is 345 g/mol. The van der Waals surface area contributed by atoms with E-state index in [2.05, 4.69) is 20.3 Å². The van der Waals surface area contributed by atoms with E-state index < -0.39 is 0 Å². The topological polar surface area (TPSA) is 95.8 Å². The molecule has 7 heteroatoms. The molecule has 0 saturated heterocycles. The summed E-state index contributed by atoms with van der Waals surface area (Å²) in [6.07, 6.45) is 2.55. The van der Waals surface area contributed by atoms with Crippen LogP contribution in [-0.4, -0.2) is 31.2 Å². The van der Waals surface area contributed by atoms with Crippen molar-refractivity contribution in [1.82, 2.24) is 19.5 Å². The van der Waals surface area contributed by atoms with Crippen molar-refractivity contribution in [3.05, 3.63) is 64.7 Å². The zero-order valence-electron chi connectivity index (χ0n) is 13.7. The van der Waals surface area contributed by atoms with Crippen LogP contribution in [0.5, 0.6) is 5.75 Å². The van der Waals surface area contributed by atoms with E-state index in [4.69, 9.17) is 0 Å². The molecule has 3 heterocycles. The molecule has 0 radical (unpaired) electrons. The molecule has 0 amide bonds. The molecule has 0 bridgehead atoms. The Morgan fingerprint density at radius 3 is 2.81 bits per heavy atom. The molecule has 128 valence electrons. The van der Waals surface area contributed by atoms with E-state index in [1.807, 2.05) is 18.2 Å². The van der Waals surface area contributed by atoms with Crippen LogP contribution in [0, 0.1) is 0 Å². The molecule has 1 aliphatic heterocycles. The molecule has 5 rings (SSSR count). The van der Waals surface area contributed by atoms with E-state index in [1.165, 1.54) is 5.56 Å². The molecule has 4 aromatic rings. The van der Waals surface area contributed by atoms with Gasteiger partial charge in [0.25, 0.3) is 0 Å². The minimum atomic E-state index is -0.270. The van der Waals surface area contributed by atoms with Crippen molar-refractivity contribution in [1.29, 1.82) is 0 Å². The van der Waals surface area contributed by atoms with Crippen molar-refractivity contribution in [2.24, 2.45) is 0 Å². The van der Waals surface area contributed by atoms with Gasteiger partial charge in [-0.05, 0) is 54.4 Å². The van der Waals surface area contributed by atoms with Crippen molar-refractivity contribution < 1.29 is 5.11 Å². The number of nitrogens with zero attached hydrogens (tertiary/aromatic N) is 3. The maximum Gasteiger partial charge on any atom is 0.333 e. The lowest BCUT2D eigenvalue weighted by Crippen LogP contribution is -2.15. The van der Waals surface area contributed by atoms with Crippen LogP contribution in [0.4, 0.5) is 5.69 Å². The predicted molar refractivity (Wildman–Crippen MR) is 98.8 cm³/mol. The Hall–Kier alpha value is -3.61. The third-order valence-electron chi connectivity index (χ3n) is 4.61. The number of aromatic amines is 1. The van der Waals surface area contributed by atoms with Crippen LogP contribution in [0.25, 0.3) is 28.2 Å². The Bertz CT molecular complexity index is 1190. The number of anilines is 1. The van der Waals surface area contributed by atoms with E-state index in [0.29, 0.717) is 17.0 Å². The first-order valence-electron chi connectivity index (χ1n) is 8.33. The summed E-state index contributed by atoms with van der Waals surface area (Å²) in [4.78, 5) is 24.3. The third-order valence-corrected chi connectivity index (χ3v) is 4.61. The SMILES string of the molecule is O=c1[nH]c2ncc(-c3ccc(O)cc3)nc2n1-c1ccc2c(c1)CCN2. The normalized spacial score (nSPS) is 12.9. The van der Waals surface area contributed by atoms with Gasteiger partial charge in [0, 0.05) is 17.8 Å². The van der Waals surface area contributed by atoms with Gasteiger partial charge in [0.2, 0.25) is 0 Å². The first-order chi connectivity index (χ1) is 12.7. The summed E-state index contributed by atoms with van der Waals surface area (Å²) in [7, 11) is 0. The second-order valence-corrected chi connectivity index (χ2v) is 6.26. The van der Waals surface area contributed by atoms with Crippen LogP contribution in [0.15, 0.2) is 53.5 Å². The lowest BCUT2D eigenvalue weighted by Gasteiger charge is -2.07. The average Bonchev–Trinajstić information content (AvgIpc) is 3.24. The number of H-pyrrole nitrogens is 1. The fraction of sp³-hybridized carbons (Fsp3) is 0.105. The highest BCUT2D eigenvalue weighted by Gasteiger charge is 2.16. The molecule has 3 N–H and O–H groups in total. The Kier molecular flexibility index (Phi) is 3.08. The summed E-state index contributed by atoms with van der Waals surface area (Å²) >= 11 is 0. The lowest BCUT2D eigenvalue weighted by molar-refractivity contribution is 0.475. The number of aromatic hydroxyl groups is 1. The molecule has 7 nitrogen and oxygen atoms in total. The molecule has 2 aromatic carbocycles. The number of nitrogens with one attached hydrogen (secondary N) is 2. The maximum atomic E-state index is 12.5. The number of phenolic OH excluding ortho intramolecular Hbond substituents is 1. The maximum absolute atomic E-state index is 12.5. The van der Waals surface area contributed by atoms with E-state index in [9.17, 15) is 9.90 Å². The van der Waals surface area contributed by atoms with E-state index >= 15 is 0 Å². The second kappa shape index (κ2) is 5.45. The van der Waals surface area contributed by atoms with Crippen LogP contribution in [0.1, 0.15) is 5.56 Å². The van der Waals surface area contributed by atoms with Crippen LogP contribution in [0.3, 0.4) is 0 Å². The number of aromatic nitrogens is 4. The van der Waals surface area contributed by atoms with Crippen molar-refractivity contribution >= 4 is 17.0 Å². The zero-order valence-corrected chi connectivity index (χ0v) is 13.7. The van der Waals surface area contributed by atoms with Crippen molar-refractivity contribution in [3.63, 3.8) is 0 Å². The van der Waals surface area contributed by atoms with Crippen molar-refractivity contribution in [2.75, 3.05) is 11.9 Å². The Labute approximate surface area is 148 Å².